The van der Waals surface area contributed by atoms with Crippen molar-refractivity contribution in [2.45, 2.75) is 18.1 Å². The lowest BCUT2D eigenvalue weighted by atomic mass is 10.1. The third-order valence-corrected chi connectivity index (χ3v) is 6.96. The van der Waals surface area contributed by atoms with E-state index in [1.165, 1.54) is 0 Å². The van der Waals surface area contributed by atoms with Crippen molar-refractivity contribution in [2.24, 2.45) is 0 Å². The summed E-state index contributed by atoms with van der Waals surface area (Å²) in [5.41, 5.74) is 2.24. The van der Waals surface area contributed by atoms with Crippen molar-refractivity contribution >= 4 is 45.9 Å². The SMILES string of the molecule is O=C(c1ccc2c(=O)n3c(nc2c1)SCCC3)N1CCN(c2cccc(Cl)c2)CC1. The number of hydrogen-bond acceptors (Lipinski definition) is 5. The van der Waals surface area contributed by atoms with Gasteiger partial charge in [0.1, 0.15) is 0 Å². The monoisotopic (exact) mass is 440 g/mol. The third-order valence-electron chi connectivity index (χ3n) is 5.66. The lowest BCUT2D eigenvalue weighted by molar-refractivity contribution is 0.0747. The molecule has 5 rings (SSSR count). The Morgan fingerprint density at radius 3 is 2.67 bits per heavy atom. The van der Waals surface area contributed by atoms with Gasteiger partial charge in [0.15, 0.2) is 5.16 Å². The molecule has 0 radical (unpaired) electrons. The zero-order valence-corrected chi connectivity index (χ0v) is 18.0. The molecule has 8 heteroatoms. The smallest absolute Gasteiger partial charge is 0.262 e. The fourth-order valence-corrected chi connectivity index (χ4v) is 5.18. The fourth-order valence-electron chi connectivity index (χ4n) is 4.05. The van der Waals surface area contributed by atoms with Crippen LogP contribution >= 0.6 is 23.4 Å². The number of fused-ring (bicyclic) bond motifs is 2. The van der Waals surface area contributed by atoms with Crippen LogP contribution < -0.4 is 10.5 Å². The molecule has 1 saturated heterocycles. The van der Waals surface area contributed by atoms with Crippen LogP contribution in [0.25, 0.3) is 10.9 Å². The summed E-state index contributed by atoms with van der Waals surface area (Å²) in [4.78, 5) is 34.6. The van der Waals surface area contributed by atoms with Crippen LogP contribution in [-0.4, -0.2) is 52.3 Å². The zero-order valence-electron chi connectivity index (χ0n) is 16.4. The average Bonchev–Trinajstić information content (AvgIpc) is 2.78. The summed E-state index contributed by atoms with van der Waals surface area (Å²) in [5, 5.41) is 2.04. The molecule has 3 aromatic rings. The van der Waals surface area contributed by atoms with Crippen LogP contribution in [0.1, 0.15) is 16.8 Å². The molecule has 2 aromatic carbocycles. The van der Waals surface area contributed by atoms with E-state index in [9.17, 15) is 9.59 Å². The number of thioether (sulfide) groups is 1. The van der Waals surface area contributed by atoms with Crippen LogP contribution in [0.5, 0.6) is 0 Å². The van der Waals surface area contributed by atoms with Crippen molar-refractivity contribution in [1.29, 1.82) is 0 Å². The van der Waals surface area contributed by atoms with Crippen molar-refractivity contribution in [1.82, 2.24) is 14.5 Å². The first-order valence-electron chi connectivity index (χ1n) is 10.1. The Bertz CT molecular complexity index is 1190. The van der Waals surface area contributed by atoms with Gasteiger partial charge < -0.3 is 9.80 Å². The van der Waals surface area contributed by atoms with E-state index in [1.807, 2.05) is 29.2 Å². The van der Waals surface area contributed by atoms with E-state index in [0.29, 0.717) is 41.1 Å². The number of aromatic nitrogens is 2. The largest absolute Gasteiger partial charge is 0.368 e. The Balaban J connectivity index is 1.36. The molecule has 0 unspecified atom stereocenters. The van der Waals surface area contributed by atoms with E-state index < -0.39 is 0 Å². The summed E-state index contributed by atoms with van der Waals surface area (Å²) in [6, 6.07) is 13.0. The molecule has 1 fully saturated rings. The maximum atomic E-state index is 13.1. The first kappa shape index (κ1) is 19.5. The Kier molecular flexibility index (Phi) is 5.16. The summed E-state index contributed by atoms with van der Waals surface area (Å²) >= 11 is 7.70. The molecule has 154 valence electrons. The number of benzene rings is 2. The third kappa shape index (κ3) is 3.56. The molecule has 30 heavy (non-hydrogen) atoms. The number of halogens is 1. The van der Waals surface area contributed by atoms with Gasteiger partial charge >= 0.3 is 0 Å². The second-order valence-electron chi connectivity index (χ2n) is 7.54. The molecule has 0 aliphatic carbocycles. The second kappa shape index (κ2) is 7.96. The molecule has 0 atom stereocenters. The van der Waals surface area contributed by atoms with Gasteiger partial charge in [0.2, 0.25) is 0 Å². The predicted octanol–water partition coefficient (Wildman–Crippen LogP) is 3.51. The Morgan fingerprint density at radius 1 is 1.03 bits per heavy atom. The number of piperazine rings is 1. The number of rotatable bonds is 2. The number of carbonyl (C=O) groups is 1. The van der Waals surface area contributed by atoms with Crippen molar-refractivity contribution in [2.75, 3.05) is 36.8 Å². The number of carbonyl (C=O) groups excluding carboxylic acids is 1. The molecule has 2 aliphatic heterocycles. The second-order valence-corrected chi connectivity index (χ2v) is 9.04. The van der Waals surface area contributed by atoms with E-state index in [1.54, 1.807) is 34.5 Å². The minimum absolute atomic E-state index is 0.0173. The molecule has 2 aliphatic rings. The van der Waals surface area contributed by atoms with Crippen LogP contribution in [-0.2, 0) is 6.54 Å². The minimum atomic E-state index is -0.0186. The Labute approximate surface area is 183 Å². The van der Waals surface area contributed by atoms with Gasteiger partial charge in [-0.1, -0.05) is 29.4 Å². The standard InChI is InChI=1S/C22H21ClN4O2S/c23-16-3-1-4-17(14-16)25-8-10-26(11-9-25)20(28)15-5-6-18-19(13-15)24-22-27(21(18)29)7-2-12-30-22/h1,3-6,13-14H,2,7-12H2. The molecule has 0 spiro atoms. The molecule has 0 saturated carbocycles. The summed E-state index contributed by atoms with van der Waals surface area (Å²) in [7, 11) is 0. The normalized spacial score (nSPS) is 16.6. The van der Waals surface area contributed by atoms with Crippen molar-refractivity contribution in [3.63, 3.8) is 0 Å². The van der Waals surface area contributed by atoms with Crippen molar-refractivity contribution in [3.05, 3.63) is 63.4 Å². The fraction of sp³-hybridized carbons (Fsp3) is 0.318. The van der Waals surface area contributed by atoms with Crippen LogP contribution in [0.2, 0.25) is 5.02 Å². The molecule has 0 bridgehead atoms. The lowest BCUT2D eigenvalue weighted by Crippen LogP contribution is -2.48. The quantitative estimate of drug-likeness (QED) is 0.571. The van der Waals surface area contributed by atoms with Crippen molar-refractivity contribution < 1.29 is 4.79 Å². The van der Waals surface area contributed by atoms with Gasteiger partial charge in [-0.2, -0.15) is 0 Å². The molecule has 3 heterocycles. The van der Waals surface area contributed by atoms with Gasteiger partial charge in [-0.15, -0.1) is 0 Å². The van der Waals surface area contributed by atoms with E-state index in [0.717, 1.165) is 36.1 Å². The van der Waals surface area contributed by atoms with Crippen LogP contribution in [0, 0.1) is 0 Å². The van der Waals surface area contributed by atoms with Crippen molar-refractivity contribution in [3.8, 4) is 0 Å². The Hall–Kier alpha value is -2.51. The molecule has 6 nitrogen and oxygen atoms in total. The maximum Gasteiger partial charge on any atom is 0.262 e. The number of anilines is 1. The topological polar surface area (TPSA) is 58.4 Å². The maximum absolute atomic E-state index is 13.1. The number of nitrogens with zero attached hydrogens (tertiary/aromatic N) is 4. The highest BCUT2D eigenvalue weighted by molar-refractivity contribution is 7.99. The molecule has 1 amide bonds. The minimum Gasteiger partial charge on any atom is -0.368 e. The highest BCUT2D eigenvalue weighted by Crippen LogP contribution is 2.24. The summed E-state index contributed by atoms with van der Waals surface area (Å²) < 4.78 is 1.74. The van der Waals surface area contributed by atoms with E-state index >= 15 is 0 Å². The lowest BCUT2D eigenvalue weighted by Gasteiger charge is -2.36. The van der Waals surface area contributed by atoms with Gasteiger partial charge in [0.05, 0.1) is 10.9 Å². The van der Waals surface area contributed by atoms with Crippen LogP contribution in [0.15, 0.2) is 52.4 Å². The first-order chi connectivity index (χ1) is 14.6. The van der Waals surface area contributed by atoms with Crippen LogP contribution in [0.4, 0.5) is 5.69 Å². The van der Waals surface area contributed by atoms with E-state index in [2.05, 4.69) is 9.88 Å². The highest BCUT2D eigenvalue weighted by atomic mass is 35.5. The average molecular weight is 441 g/mol. The van der Waals surface area contributed by atoms with Gasteiger partial charge in [-0.3, -0.25) is 14.2 Å². The van der Waals surface area contributed by atoms with E-state index in [-0.39, 0.29) is 11.5 Å². The summed E-state index contributed by atoms with van der Waals surface area (Å²) in [6.07, 6.45) is 0.975. The number of amides is 1. The molecular weight excluding hydrogens is 420 g/mol. The predicted molar refractivity (Wildman–Crippen MR) is 121 cm³/mol. The van der Waals surface area contributed by atoms with Gasteiger partial charge in [-0.25, -0.2) is 4.98 Å². The number of hydrogen-bond donors (Lipinski definition) is 0. The molecule has 0 N–H and O–H groups in total. The van der Waals surface area contributed by atoms with Gasteiger partial charge in [0, 0.05) is 54.8 Å². The molecule has 1 aromatic heterocycles. The summed E-state index contributed by atoms with van der Waals surface area (Å²) in [6.45, 7) is 3.49. The first-order valence-corrected chi connectivity index (χ1v) is 11.4. The molecular formula is C22H21ClN4O2S. The highest BCUT2D eigenvalue weighted by Gasteiger charge is 2.23. The van der Waals surface area contributed by atoms with Gasteiger partial charge in [0.25, 0.3) is 11.5 Å². The van der Waals surface area contributed by atoms with E-state index in [4.69, 9.17) is 11.6 Å². The zero-order chi connectivity index (χ0) is 20.7. The van der Waals surface area contributed by atoms with Crippen LogP contribution in [0.3, 0.4) is 0 Å². The Morgan fingerprint density at radius 2 is 1.87 bits per heavy atom. The van der Waals surface area contributed by atoms with Gasteiger partial charge in [-0.05, 0) is 42.8 Å². The summed E-state index contributed by atoms with van der Waals surface area (Å²) in [5.74, 6) is 0.947.